The maximum Gasteiger partial charge on any atom is 0.323 e. The highest BCUT2D eigenvalue weighted by Crippen LogP contribution is 2.20. The van der Waals surface area contributed by atoms with Gasteiger partial charge in [-0.3, -0.25) is 15.2 Å². The highest BCUT2D eigenvalue weighted by atomic mass is 16.5. The van der Waals surface area contributed by atoms with Crippen molar-refractivity contribution in [2.24, 2.45) is 0 Å². The molecule has 0 bridgehead atoms. The molecule has 1 saturated heterocycles. The van der Waals surface area contributed by atoms with Crippen molar-refractivity contribution in [3.05, 3.63) is 60.7 Å². The molecule has 27 heavy (non-hydrogen) atoms. The van der Waals surface area contributed by atoms with Crippen LogP contribution in [0.1, 0.15) is 5.76 Å². The van der Waals surface area contributed by atoms with Crippen molar-refractivity contribution in [1.82, 2.24) is 24.9 Å². The van der Waals surface area contributed by atoms with Gasteiger partial charge in [-0.15, -0.1) is 0 Å². The van der Waals surface area contributed by atoms with Crippen LogP contribution in [-0.2, 0) is 6.54 Å². The van der Waals surface area contributed by atoms with Crippen molar-refractivity contribution in [2.45, 2.75) is 6.54 Å². The average molecular weight is 364 g/mol. The van der Waals surface area contributed by atoms with Crippen LogP contribution in [0.2, 0.25) is 0 Å². The zero-order valence-electron chi connectivity index (χ0n) is 14.8. The molecule has 0 unspecified atom stereocenters. The lowest BCUT2D eigenvalue weighted by molar-refractivity contribution is 0.134. The number of anilines is 1. The summed E-state index contributed by atoms with van der Waals surface area (Å²) in [5.74, 6) is 1.28. The first kappa shape index (κ1) is 17.2. The van der Waals surface area contributed by atoms with E-state index in [1.54, 1.807) is 17.3 Å². The van der Waals surface area contributed by atoms with E-state index in [0.29, 0.717) is 25.5 Å². The number of rotatable bonds is 4. The number of carbonyl (C=O) groups excluding carboxylic acids is 1. The van der Waals surface area contributed by atoms with E-state index in [9.17, 15) is 4.79 Å². The normalized spacial score (nSPS) is 14.9. The molecule has 1 aliphatic heterocycles. The Hall–Kier alpha value is -3.26. The molecule has 1 N–H and O–H groups in total. The number of aromatic nitrogens is 3. The van der Waals surface area contributed by atoms with Gasteiger partial charge in [-0.25, -0.2) is 9.78 Å². The van der Waals surface area contributed by atoms with Crippen molar-refractivity contribution in [3.8, 4) is 11.3 Å². The van der Waals surface area contributed by atoms with Crippen molar-refractivity contribution < 1.29 is 9.32 Å². The van der Waals surface area contributed by atoms with Gasteiger partial charge in [0.15, 0.2) is 11.6 Å². The zero-order chi connectivity index (χ0) is 18.5. The third kappa shape index (κ3) is 4.29. The van der Waals surface area contributed by atoms with Gasteiger partial charge in [0, 0.05) is 50.2 Å². The molecule has 1 fully saturated rings. The van der Waals surface area contributed by atoms with Gasteiger partial charge in [0.2, 0.25) is 0 Å². The van der Waals surface area contributed by atoms with Gasteiger partial charge in [0.25, 0.3) is 0 Å². The monoisotopic (exact) mass is 364 g/mol. The fourth-order valence-electron chi connectivity index (χ4n) is 3.01. The van der Waals surface area contributed by atoms with E-state index in [1.165, 1.54) is 6.20 Å². The predicted octanol–water partition coefficient (Wildman–Crippen LogP) is 2.48. The van der Waals surface area contributed by atoms with E-state index < -0.39 is 0 Å². The molecule has 0 saturated carbocycles. The molecule has 1 aromatic carbocycles. The summed E-state index contributed by atoms with van der Waals surface area (Å²) < 4.78 is 5.48. The van der Waals surface area contributed by atoms with E-state index >= 15 is 0 Å². The molecule has 8 heteroatoms. The first-order valence-electron chi connectivity index (χ1n) is 8.83. The number of benzene rings is 1. The number of nitrogens with one attached hydrogen (secondary N) is 1. The fraction of sp³-hybridized carbons (Fsp3) is 0.263. The molecular weight excluding hydrogens is 344 g/mol. The Labute approximate surface area is 156 Å². The van der Waals surface area contributed by atoms with E-state index in [4.69, 9.17) is 4.52 Å². The van der Waals surface area contributed by atoms with Crippen LogP contribution >= 0.6 is 0 Å². The Kier molecular flexibility index (Phi) is 5.06. The molecular formula is C19H20N6O2. The molecule has 4 rings (SSSR count). The minimum absolute atomic E-state index is 0.152. The van der Waals surface area contributed by atoms with Crippen LogP contribution in [0.4, 0.5) is 10.6 Å². The van der Waals surface area contributed by atoms with Gasteiger partial charge in [-0.1, -0.05) is 35.5 Å². The highest BCUT2D eigenvalue weighted by molar-refractivity contribution is 5.88. The number of piperazine rings is 1. The van der Waals surface area contributed by atoms with Gasteiger partial charge in [0.1, 0.15) is 5.69 Å². The summed E-state index contributed by atoms with van der Waals surface area (Å²) in [6.45, 7) is 3.52. The minimum atomic E-state index is -0.152. The topological polar surface area (TPSA) is 87.4 Å². The van der Waals surface area contributed by atoms with Crippen LogP contribution in [0.15, 0.2) is 59.5 Å². The van der Waals surface area contributed by atoms with E-state index in [1.807, 2.05) is 36.4 Å². The fourth-order valence-corrected chi connectivity index (χ4v) is 3.01. The molecule has 8 nitrogen and oxygen atoms in total. The molecule has 0 spiro atoms. The van der Waals surface area contributed by atoms with Crippen molar-refractivity contribution in [1.29, 1.82) is 0 Å². The highest BCUT2D eigenvalue weighted by Gasteiger charge is 2.22. The molecule has 1 aliphatic rings. The van der Waals surface area contributed by atoms with Gasteiger partial charge in [-0.2, -0.15) is 0 Å². The number of hydrogen-bond acceptors (Lipinski definition) is 6. The third-order valence-corrected chi connectivity index (χ3v) is 4.47. The maximum atomic E-state index is 12.3. The largest absolute Gasteiger partial charge is 0.359 e. The quantitative estimate of drug-likeness (QED) is 0.765. The third-order valence-electron chi connectivity index (χ3n) is 4.47. The van der Waals surface area contributed by atoms with E-state index in [0.717, 1.165) is 30.1 Å². The Balaban J connectivity index is 1.28. The number of hydrogen-bond donors (Lipinski definition) is 1. The van der Waals surface area contributed by atoms with E-state index in [-0.39, 0.29) is 6.03 Å². The van der Waals surface area contributed by atoms with Gasteiger partial charge < -0.3 is 9.42 Å². The Morgan fingerprint density at radius 2 is 1.93 bits per heavy atom. The van der Waals surface area contributed by atoms with Crippen LogP contribution in [0.3, 0.4) is 0 Å². The lowest BCUT2D eigenvalue weighted by atomic mass is 10.1. The summed E-state index contributed by atoms with van der Waals surface area (Å²) >= 11 is 0. The number of carbonyl (C=O) groups is 1. The SMILES string of the molecule is O=C(Nc1cnccn1)N1CCN(Cc2cc(-c3ccccc3)no2)CC1. The summed E-state index contributed by atoms with van der Waals surface area (Å²) in [4.78, 5) is 24.3. The predicted molar refractivity (Wildman–Crippen MR) is 99.8 cm³/mol. The van der Waals surface area contributed by atoms with Crippen LogP contribution in [0.5, 0.6) is 0 Å². The standard InChI is InChI=1S/C19H20N6O2/c26-19(22-18-13-20-6-7-21-18)25-10-8-24(9-11-25)14-16-12-17(23-27-16)15-4-2-1-3-5-15/h1-7,12-13H,8-11,14H2,(H,21,22,26). The second-order valence-electron chi connectivity index (χ2n) is 6.33. The minimum Gasteiger partial charge on any atom is -0.359 e. The summed E-state index contributed by atoms with van der Waals surface area (Å²) in [6.07, 6.45) is 4.65. The lowest BCUT2D eigenvalue weighted by Crippen LogP contribution is -2.49. The smallest absolute Gasteiger partial charge is 0.323 e. The molecule has 138 valence electrons. The number of amides is 2. The summed E-state index contributed by atoms with van der Waals surface area (Å²) in [7, 11) is 0. The Bertz CT molecular complexity index is 875. The summed E-state index contributed by atoms with van der Waals surface area (Å²) in [5, 5.41) is 6.92. The lowest BCUT2D eigenvalue weighted by Gasteiger charge is -2.33. The molecule has 0 atom stereocenters. The molecule has 0 radical (unpaired) electrons. The Morgan fingerprint density at radius 3 is 2.67 bits per heavy atom. The van der Waals surface area contributed by atoms with Crippen molar-refractivity contribution in [2.75, 3.05) is 31.5 Å². The molecule has 2 amide bonds. The van der Waals surface area contributed by atoms with E-state index in [2.05, 4.69) is 25.3 Å². The van der Waals surface area contributed by atoms with Gasteiger partial charge in [-0.05, 0) is 0 Å². The molecule has 2 aromatic heterocycles. The first-order valence-corrected chi connectivity index (χ1v) is 8.83. The van der Waals surface area contributed by atoms with Crippen molar-refractivity contribution in [3.63, 3.8) is 0 Å². The second kappa shape index (κ2) is 7.96. The van der Waals surface area contributed by atoms with Crippen LogP contribution in [-0.4, -0.2) is 57.1 Å². The number of urea groups is 1. The summed E-state index contributed by atoms with van der Waals surface area (Å²) in [6, 6.07) is 11.8. The van der Waals surface area contributed by atoms with Crippen molar-refractivity contribution >= 4 is 11.8 Å². The molecule has 0 aliphatic carbocycles. The maximum absolute atomic E-state index is 12.3. The summed E-state index contributed by atoms with van der Waals surface area (Å²) in [5.41, 5.74) is 1.88. The average Bonchev–Trinajstić information content (AvgIpc) is 3.18. The van der Waals surface area contributed by atoms with Crippen LogP contribution in [0, 0.1) is 0 Å². The van der Waals surface area contributed by atoms with Gasteiger partial charge >= 0.3 is 6.03 Å². The second-order valence-corrected chi connectivity index (χ2v) is 6.33. The first-order chi connectivity index (χ1) is 13.3. The zero-order valence-corrected chi connectivity index (χ0v) is 14.8. The van der Waals surface area contributed by atoms with Crippen LogP contribution < -0.4 is 5.32 Å². The van der Waals surface area contributed by atoms with Gasteiger partial charge in [0.05, 0.1) is 12.7 Å². The number of nitrogens with zero attached hydrogens (tertiary/aromatic N) is 5. The molecule has 3 heterocycles. The Morgan fingerprint density at radius 1 is 1.11 bits per heavy atom. The van der Waals surface area contributed by atoms with Crippen LogP contribution in [0.25, 0.3) is 11.3 Å². The molecule has 3 aromatic rings.